The van der Waals surface area contributed by atoms with Crippen LogP contribution < -0.4 is 5.32 Å². The first-order chi connectivity index (χ1) is 8.04. The molecule has 0 saturated carbocycles. The minimum Gasteiger partial charge on any atom is -0.351 e. The zero-order valence-corrected chi connectivity index (χ0v) is 11.7. The lowest BCUT2D eigenvalue weighted by Crippen LogP contribution is -2.33. The van der Waals surface area contributed by atoms with Gasteiger partial charge >= 0.3 is 0 Å². The SMILES string of the molecule is CCN(C)CCNC(=O)c1cc(S)ccc1Cl. The topological polar surface area (TPSA) is 32.3 Å². The molecule has 0 spiro atoms. The van der Waals surface area contributed by atoms with Crippen LogP contribution in [-0.4, -0.2) is 37.5 Å². The third kappa shape index (κ3) is 4.58. The summed E-state index contributed by atoms with van der Waals surface area (Å²) < 4.78 is 0. The Hall–Kier alpha value is -0.710. The van der Waals surface area contributed by atoms with Crippen molar-refractivity contribution in [2.45, 2.75) is 11.8 Å². The number of thiol groups is 1. The van der Waals surface area contributed by atoms with Crippen molar-refractivity contribution < 1.29 is 4.79 Å². The van der Waals surface area contributed by atoms with Crippen LogP contribution in [-0.2, 0) is 0 Å². The van der Waals surface area contributed by atoms with Crippen LogP contribution in [0.2, 0.25) is 5.02 Å². The average molecular weight is 273 g/mol. The molecule has 1 aromatic carbocycles. The highest BCUT2D eigenvalue weighted by molar-refractivity contribution is 7.80. The van der Waals surface area contributed by atoms with Gasteiger partial charge in [-0.3, -0.25) is 4.79 Å². The van der Waals surface area contributed by atoms with E-state index in [-0.39, 0.29) is 5.91 Å². The second kappa shape index (κ2) is 6.89. The minimum atomic E-state index is -0.157. The number of carbonyl (C=O) groups is 1. The summed E-state index contributed by atoms with van der Waals surface area (Å²) in [5.41, 5.74) is 0.471. The maximum Gasteiger partial charge on any atom is 0.252 e. The van der Waals surface area contributed by atoms with Crippen molar-refractivity contribution in [2.75, 3.05) is 26.7 Å². The molecular weight excluding hydrogens is 256 g/mol. The van der Waals surface area contributed by atoms with Crippen molar-refractivity contribution in [2.24, 2.45) is 0 Å². The second-order valence-electron chi connectivity index (χ2n) is 3.82. The normalized spacial score (nSPS) is 10.6. The molecule has 0 aliphatic carbocycles. The number of hydrogen-bond donors (Lipinski definition) is 2. The van der Waals surface area contributed by atoms with Crippen molar-refractivity contribution >= 4 is 30.1 Å². The number of nitrogens with one attached hydrogen (secondary N) is 1. The third-order valence-electron chi connectivity index (χ3n) is 2.51. The molecule has 1 rings (SSSR count). The molecule has 0 aliphatic heterocycles. The quantitative estimate of drug-likeness (QED) is 0.807. The number of benzene rings is 1. The van der Waals surface area contributed by atoms with Crippen LogP contribution in [0, 0.1) is 0 Å². The van der Waals surface area contributed by atoms with E-state index in [0.717, 1.165) is 18.0 Å². The first kappa shape index (κ1) is 14.4. The van der Waals surface area contributed by atoms with E-state index in [0.29, 0.717) is 17.1 Å². The van der Waals surface area contributed by atoms with Gasteiger partial charge in [0.2, 0.25) is 0 Å². The standard InChI is InChI=1S/C12H17ClN2OS/c1-3-15(2)7-6-14-12(16)10-8-9(17)4-5-11(10)13/h4-5,8,17H,3,6-7H2,1-2H3,(H,14,16). The van der Waals surface area contributed by atoms with Gasteiger partial charge < -0.3 is 10.2 Å². The number of halogens is 1. The van der Waals surface area contributed by atoms with E-state index in [4.69, 9.17) is 11.6 Å². The van der Waals surface area contributed by atoms with Crippen LogP contribution in [0.1, 0.15) is 17.3 Å². The maximum atomic E-state index is 11.8. The molecule has 0 fully saturated rings. The van der Waals surface area contributed by atoms with Gasteiger partial charge in [-0.1, -0.05) is 18.5 Å². The van der Waals surface area contributed by atoms with E-state index in [1.807, 2.05) is 7.05 Å². The van der Waals surface area contributed by atoms with Gasteiger partial charge in [0.1, 0.15) is 0 Å². The lowest BCUT2D eigenvalue weighted by Gasteiger charge is -2.14. The fourth-order valence-electron chi connectivity index (χ4n) is 1.30. The van der Waals surface area contributed by atoms with E-state index in [1.165, 1.54) is 0 Å². The molecule has 1 N–H and O–H groups in total. The summed E-state index contributed by atoms with van der Waals surface area (Å²) in [5.74, 6) is -0.157. The van der Waals surface area contributed by atoms with Crippen molar-refractivity contribution in [3.05, 3.63) is 28.8 Å². The molecule has 0 radical (unpaired) electrons. The van der Waals surface area contributed by atoms with Gasteiger partial charge in [0.25, 0.3) is 5.91 Å². The fraction of sp³-hybridized carbons (Fsp3) is 0.417. The highest BCUT2D eigenvalue weighted by Gasteiger charge is 2.10. The van der Waals surface area contributed by atoms with Crippen LogP contribution in [0.15, 0.2) is 23.1 Å². The summed E-state index contributed by atoms with van der Waals surface area (Å²) in [4.78, 5) is 14.7. The fourth-order valence-corrected chi connectivity index (χ4v) is 1.71. The summed E-state index contributed by atoms with van der Waals surface area (Å²) in [6, 6.07) is 5.11. The van der Waals surface area contributed by atoms with E-state index >= 15 is 0 Å². The first-order valence-electron chi connectivity index (χ1n) is 5.50. The number of rotatable bonds is 5. The highest BCUT2D eigenvalue weighted by Crippen LogP contribution is 2.19. The highest BCUT2D eigenvalue weighted by atomic mass is 35.5. The second-order valence-corrected chi connectivity index (χ2v) is 4.74. The zero-order chi connectivity index (χ0) is 12.8. The number of nitrogens with zero attached hydrogens (tertiary/aromatic N) is 1. The molecule has 17 heavy (non-hydrogen) atoms. The van der Waals surface area contributed by atoms with Crippen molar-refractivity contribution in [1.82, 2.24) is 10.2 Å². The Morgan fingerprint density at radius 1 is 1.53 bits per heavy atom. The Balaban J connectivity index is 2.55. The van der Waals surface area contributed by atoms with E-state index in [1.54, 1.807) is 18.2 Å². The van der Waals surface area contributed by atoms with Gasteiger partial charge in [-0.25, -0.2) is 0 Å². The molecule has 0 bridgehead atoms. The first-order valence-corrected chi connectivity index (χ1v) is 6.32. The number of carbonyl (C=O) groups excluding carboxylic acids is 1. The monoisotopic (exact) mass is 272 g/mol. The molecule has 0 unspecified atom stereocenters. The molecule has 0 aromatic heterocycles. The maximum absolute atomic E-state index is 11.8. The molecule has 3 nitrogen and oxygen atoms in total. The molecule has 1 aromatic rings. The smallest absolute Gasteiger partial charge is 0.252 e. The van der Waals surface area contributed by atoms with Crippen LogP contribution in [0.25, 0.3) is 0 Å². The molecule has 0 aliphatic rings. The summed E-state index contributed by atoms with van der Waals surface area (Å²) in [5, 5.41) is 3.28. The summed E-state index contributed by atoms with van der Waals surface area (Å²) in [7, 11) is 2.01. The van der Waals surface area contributed by atoms with Gasteiger partial charge in [-0.2, -0.15) is 0 Å². The Morgan fingerprint density at radius 3 is 2.88 bits per heavy atom. The Labute approximate surface area is 113 Å². The van der Waals surface area contributed by atoms with Crippen LogP contribution in [0.3, 0.4) is 0 Å². The lowest BCUT2D eigenvalue weighted by molar-refractivity contribution is 0.0950. The molecule has 0 heterocycles. The van der Waals surface area contributed by atoms with Crippen molar-refractivity contribution in [1.29, 1.82) is 0 Å². The Kier molecular flexibility index (Phi) is 5.82. The van der Waals surface area contributed by atoms with E-state index in [9.17, 15) is 4.79 Å². The average Bonchev–Trinajstić information content (AvgIpc) is 2.31. The molecule has 0 atom stereocenters. The van der Waals surface area contributed by atoms with Gasteiger partial charge in [0, 0.05) is 18.0 Å². The van der Waals surface area contributed by atoms with Gasteiger partial charge in [0.05, 0.1) is 10.6 Å². The van der Waals surface area contributed by atoms with Gasteiger partial charge in [-0.05, 0) is 31.8 Å². The summed E-state index contributed by atoms with van der Waals surface area (Å²) in [6.45, 7) is 4.46. The van der Waals surface area contributed by atoms with Crippen LogP contribution >= 0.6 is 24.2 Å². The predicted octanol–water partition coefficient (Wildman–Crippen LogP) is 2.31. The van der Waals surface area contributed by atoms with Crippen molar-refractivity contribution in [3.63, 3.8) is 0 Å². The summed E-state index contributed by atoms with van der Waals surface area (Å²) in [6.07, 6.45) is 0. The zero-order valence-electron chi connectivity index (χ0n) is 10.0. The minimum absolute atomic E-state index is 0.157. The Morgan fingerprint density at radius 2 is 2.24 bits per heavy atom. The van der Waals surface area contributed by atoms with Crippen LogP contribution in [0.5, 0.6) is 0 Å². The number of hydrogen-bond acceptors (Lipinski definition) is 3. The third-order valence-corrected chi connectivity index (χ3v) is 3.12. The van der Waals surface area contributed by atoms with E-state index < -0.39 is 0 Å². The molecule has 0 saturated heterocycles. The molecule has 5 heteroatoms. The predicted molar refractivity (Wildman–Crippen MR) is 74.2 cm³/mol. The molecule has 94 valence electrons. The van der Waals surface area contributed by atoms with E-state index in [2.05, 4.69) is 29.8 Å². The molecular formula is C12H17ClN2OS. The molecule has 1 amide bonds. The summed E-state index contributed by atoms with van der Waals surface area (Å²) >= 11 is 10.1. The van der Waals surface area contributed by atoms with Crippen molar-refractivity contribution in [3.8, 4) is 0 Å². The van der Waals surface area contributed by atoms with Crippen LogP contribution in [0.4, 0.5) is 0 Å². The van der Waals surface area contributed by atoms with Gasteiger partial charge in [-0.15, -0.1) is 12.6 Å². The van der Waals surface area contributed by atoms with Gasteiger partial charge in [0.15, 0.2) is 0 Å². The Bertz CT molecular complexity index is 398. The number of likely N-dealkylation sites (N-methyl/N-ethyl adjacent to an activating group) is 1. The lowest BCUT2D eigenvalue weighted by atomic mass is 10.2. The number of amides is 1. The largest absolute Gasteiger partial charge is 0.351 e.